The van der Waals surface area contributed by atoms with Crippen LogP contribution in [0.15, 0.2) is 42.0 Å². The average Bonchev–Trinajstić information content (AvgIpc) is 3.03. The number of aryl methyl sites for hydroxylation is 2. The lowest BCUT2D eigenvalue weighted by Gasteiger charge is -2.35. The lowest BCUT2D eigenvalue weighted by Crippen LogP contribution is -2.40. The van der Waals surface area contributed by atoms with Crippen molar-refractivity contribution < 1.29 is 19.8 Å². The normalized spacial score (nSPS) is 21.6. The van der Waals surface area contributed by atoms with Gasteiger partial charge in [0.25, 0.3) is 11.7 Å². The van der Waals surface area contributed by atoms with E-state index < -0.39 is 17.7 Å². The van der Waals surface area contributed by atoms with Crippen molar-refractivity contribution in [2.45, 2.75) is 58.0 Å². The third-order valence-corrected chi connectivity index (χ3v) is 6.82. The lowest BCUT2D eigenvalue weighted by molar-refractivity contribution is -0.141. The standard InChI is InChI=1S/C25H26ClNO4/c1-14-8-9-17(12-15(14)2)23(29)21-22(16-10-11-20(28)19(26)13-16)27(25(31)24(21)30)18-6-4-3-5-7-18/h8-13,18,22,28-29H,3-7H2,1-2H3/b23-21-. The average molecular weight is 440 g/mol. The van der Waals surface area contributed by atoms with Crippen molar-refractivity contribution in [3.05, 3.63) is 69.2 Å². The molecule has 1 atom stereocenters. The summed E-state index contributed by atoms with van der Waals surface area (Å²) in [5, 5.41) is 21.2. The number of aliphatic hydroxyl groups is 1. The second kappa shape index (κ2) is 8.39. The number of ketones is 1. The van der Waals surface area contributed by atoms with Crippen LogP contribution in [0.25, 0.3) is 5.76 Å². The Hall–Kier alpha value is -2.79. The summed E-state index contributed by atoms with van der Waals surface area (Å²) in [6.45, 7) is 3.91. The second-order valence-electron chi connectivity index (χ2n) is 8.51. The van der Waals surface area contributed by atoms with Crippen molar-refractivity contribution in [3.8, 4) is 5.75 Å². The molecule has 1 aliphatic carbocycles. The van der Waals surface area contributed by atoms with Crippen molar-refractivity contribution >= 4 is 29.1 Å². The Morgan fingerprint density at radius 2 is 1.71 bits per heavy atom. The molecule has 2 aromatic rings. The molecule has 1 aliphatic heterocycles. The third kappa shape index (κ3) is 3.83. The Kier molecular flexibility index (Phi) is 5.80. The number of carbonyl (C=O) groups is 2. The number of carbonyl (C=O) groups excluding carboxylic acids is 2. The number of phenols is 1. The van der Waals surface area contributed by atoms with Crippen LogP contribution in [0.3, 0.4) is 0 Å². The van der Waals surface area contributed by atoms with Crippen LogP contribution in [-0.4, -0.2) is 32.8 Å². The minimum absolute atomic E-state index is 0.0700. The van der Waals surface area contributed by atoms with E-state index in [0.29, 0.717) is 11.1 Å². The molecule has 2 aromatic carbocycles. The topological polar surface area (TPSA) is 77.8 Å². The number of aliphatic hydroxyl groups excluding tert-OH is 1. The van der Waals surface area contributed by atoms with Gasteiger partial charge in [-0.25, -0.2) is 0 Å². The number of halogens is 1. The summed E-state index contributed by atoms with van der Waals surface area (Å²) in [5.41, 5.74) is 3.22. The van der Waals surface area contributed by atoms with Crippen molar-refractivity contribution in [2.24, 2.45) is 0 Å². The van der Waals surface area contributed by atoms with Gasteiger partial charge in [-0.2, -0.15) is 0 Å². The molecule has 1 saturated heterocycles. The van der Waals surface area contributed by atoms with Crippen LogP contribution in [-0.2, 0) is 9.59 Å². The lowest BCUT2D eigenvalue weighted by atomic mass is 9.90. The minimum Gasteiger partial charge on any atom is -0.507 e. The maximum Gasteiger partial charge on any atom is 0.295 e. The van der Waals surface area contributed by atoms with E-state index in [4.69, 9.17) is 11.6 Å². The molecule has 1 unspecified atom stereocenters. The fourth-order valence-electron chi connectivity index (χ4n) is 4.65. The first kappa shape index (κ1) is 21.4. The van der Waals surface area contributed by atoms with Gasteiger partial charge in [-0.3, -0.25) is 9.59 Å². The van der Waals surface area contributed by atoms with Crippen LogP contribution in [0.2, 0.25) is 5.02 Å². The molecule has 162 valence electrons. The number of likely N-dealkylation sites (tertiary alicyclic amines) is 1. The zero-order chi connectivity index (χ0) is 22.3. The number of rotatable bonds is 3. The third-order valence-electron chi connectivity index (χ3n) is 6.52. The van der Waals surface area contributed by atoms with Gasteiger partial charge < -0.3 is 15.1 Å². The number of Topliss-reactive ketones (excluding diaryl/α,β-unsaturated/α-hetero) is 1. The summed E-state index contributed by atoms with van der Waals surface area (Å²) >= 11 is 6.16. The fraction of sp³-hybridized carbons (Fsp3) is 0.360. The number of phenolic OH excluding ortho intramolecular Hbond substituents is 1. The largest absolute Gasteiger partial charge is 0.507 e. The predicted molar refractivity (Wildman–Crippen MR) is 120 cm³/mol. The van der Waals surface area contributed by atoms with E-state index in [0.717, 1.165) is 43.2 Å². The summed E-state index contributed by atoms with van der Waals surface area (Å²) in [4.78, 5) is 27.9. The molecule has 0 aromatic heterocycles. The maximum absolute atomic E-state index is 13.2. The maximum atomic E-state index is 13.2. The zero-order valence-electron chi connectivity index (χ0n) is 17.7. The number of nitrogens with zero attached hydrogens (tertiary/aromatic N) is 1. The van der Waals surface area contributed by atoms with Crippen LogP contribution in [0, 0.1) is 13.8 Å². The molecule has 1 amide bonds. The highest BCUT2D eigenvalue weighted by atomic mass is 35.5. The quantitative estimate of drug-likeness (QED) is 0.380. The molecule has 31 heavy (non-hydrogen) atoms. The molecule has 2 fully saturated rings. The van der Waals surface area contributed by atoms with Crippen LogP contribution in [0.1, 0.15) is 60.4 Å². The van der Waals surface area contributed by atoms with Crippen LogP contribution >= 0.6 is 11.6 Å². The molecule has 6 heteroatoms. The first-order chi connectivity index (χ1) is 14.8. The Morgan fingerprint density at radius 3 is 2.35 bits per heavy atom. The van der Waals surface area contributed by atoms with Crippen molar-refractivity contribution in [1.82, 2.24) is 4.90 Å². The van der Waals surface area contributed by atoms with Gasteiger partial charge in [0.15, 0.2) is 0 Å². The van der Waals surface area contributed by atoms with Crippen molar-refractivity contribution in [1.29, 1.82) is 0 Å². The van der Waals surface area contributed by atoms with E-state index in [9.17, 15) is 19.8 Å². The van der Waals surface area contributed by atoms with Crippen molar-refractivity contribution in [3.63, 3.8) is 0 Å². The summed E-state index contributed by atoms with van der Waals surface area (Å²) in [6.07, 6.45) is 4.73. The van der Waals surface area contributed by atoms with Gasteiger partial charge >= 0.3 is 0 Å². The zero-order valence-corrected chi connectivity index (χ0v) is 18.4. The van der Waals surface area contributed by atoms with Crippen LogP contribution < -0.4 is 0 Å². The minimum atomic E-state index is -0.747. The van der Waals surface area contributed by atoms with Gasteiger partial charge in [0.2, 0.25) is 0 Å². The second-order valence-corrected chi connectivity index (χ2v) is 8.92. The smallest absolute Gasteiger partial charge is 0.295 e. The molecular weight excluding hydrogens is 414 g/mol. The van der Waals surface area contributed by atoms with Gasteiger partial charge in [0.1, 0.15) is 11.5 Å². The highest BCUT2D eigenvalue weighted by Gasteiger charge is 2.49. The molecule has 2 N–H and O–H groups in total. The molecule has 0 bridgehead atoms. The van der Waals surface area contributed by atoms with Crippen LogP contribution in [0.5, 0.6) is 5.75 Å². The van der Waals surface area contributed by atoms with Crippen LogP contribution in [0.4, 0.5) is 0 Å². The predicted octanol–water partition coefficient (Wildman–Crippen LogP) is 5.42. The Labute approximate surface area is 187 Å². The Balaban J connectivity index is 1.90. The molecule has 2 aliphatic rings. The number of aromatic hydroxyl groups is 1. The van der Waals surface area contributed by atoms with E-state index in [1.54, 1.807) is 23.1 Å². The summed E-state index contributed by atoms with van der Waals surface area (Å²) in [7, 11) is 0. The summed E-state index contributed by atoms with van der Waals surface area (Å²) in [5.74, 6) is -1.54. The van der Waals surface area contributed by atoms with Gasteiger partial charge in [0, 0.05) is 11.6 Å². The molecule has 0 spiro atoms. The van der Waals surface area contributed by atoms with E-state index in [1.165, 1.54) is 6.07 Å². The molecule has 1 heterocycles. The number of benzene rings is 2. The SMILES string of the molecule is Cc1ccc(/C(O)=C2/C(=O)C(=O)N(C3CCCCC3)C2c2ccc(O)c(Cl)c2)cc1C. The van der Waals surface area contributed by atoms with E-state index in [1.807, 2.05) is 26.0 Å². The number of hydrogen-bond donors (Lipinski definition) is 2. The molecule has 5 nitrogen and oxygen atoms in total. The molecular formula is C25H26ClNO4. The molecule has 1 saturated carbocycles. The summed E-state index contributed by atoms with van der Waals surface area (Å²) < 4.78 is 0. The fourth-order valence-corrected chi connectivity index (χ4v) is 4.84. The number of amides is 1. The van der Waals surface area contributed by atoms with Gasteiger partial charge in [0.05, 0.1) is 16.6 Å². The highest BCUT2D eigenvalue weighted by molar-refractivity contribution is 6.46. The van der Waals surface area contributed by atoms with Gasteiger partial charge in [-0.05, 0) is 61.6 Å². The highest BCUT2D eigenvalue weighted by Crippen LogP contribution is 2.44. The first-order valence-electron chi connectivity index (χ1n) is 10.7. The van der Waals surface area contributed by atoms with E-state index >= 15 is 0 Å². The molecule has 4 rings (SSSR count). The number of hydrogen-bond acceptors (Lipinski definition) is 4. The Bertz CT molecular complexity index is 1080. The monoisotopic (exact) mass is 439 g/mol. The van der Waals surface area contributed by atoms with E-state index in [2.05, 4.69) is 0 Å². The molecule has 0 radical (unpaired) electrons. The summed E-state index contributed by atoms with van der Waals surface area (Å²) in [6, 6.07) is 9.31. The van der Waals surface area contributed by atoms with Gasteiger partial charge in [-0.1, -0.05) is 49.1 Å². The van der Waals surface area contributed by atoms with E-state index in [-0.39, 0.29) is 28.1 Å². The van der Waals surface area contributed by atoms with Crippen molar-refractivity contribution in [2.75, 3.05) is 0 Å². The van der Waals surface area contributed by atoms with Gasteiger partial charge in [-0.15, -0.1) is 0 Å². The Morgan fingerprint density at radius 1 is 1.00 bits per heavy atom. The first-order valence-corrected chi connectivity index (χ1v) is 11.0.